The molecule has 2 aromatic heterocycles. The number of nitrogens with two attached hydrogens (primary N) is 2. The van der Waals surface area contributed by atoms with Crippen LogP contribution in [-0.2, 0) is 32.0 Å². The van der Waals surface area contributed by atoms with E-state index in [9.17, 15) is 24.3 Å². The Hall–Kier alpha value is -3.78. The molecule has 0 aliphatic heterocycles. The van der Waals surface area contributed by atoms with Gasteiger partial charge in [-0.25, -0.2) is 14.8 Å². The molecule has 0 fully saturated rings. The lowest BCUT2D eigenvalue weighted by Crippen LogP contribution is -2.58. The topological polar surface area (TPSA) is 234 Å². The number of unbranched alkanes of at least 4 members (excludes halogenated alkanes) is 1. The standard InChI is InChI=1S/C24H39N9O5/c1-3-14(2)20(24(37)38)33-22(35)18(6-4-5-7-25)31-23(36)19(9-16-11-28-13-30-16)32-21(34)17(26)8-15-10-27-12-29-15/h10-14,17-20H,3-9,25-26H2,1-2H3,(H,27,29)(H,28,30)(H,31,36)(H,32,34)(H,33,35)(H,37,38). The van der Waals surface area contributed by atoms with Gasteiger partial charge in [-0.2, -0.15) is 0 Å². The third kappa shape index (κ3) is 9.59. The van der Waals surface area contributed by atoms with Gasteiger partial charge in [0.2, 0.25) is 17.7 Å². The summed E-state index contributed by atoms with van der Waals surface area (Å²) in [5.41, 5.74) is 12.9. The van der Waals surface area contributed by atoms with Crippen molar-refractivity contribution in [1.29, 1.82) is 0 Å². The molecule has 5 unspecified atom stereocenters. The van der Waals surface area contributed by atoms with Gasteiger partial charge in [0.1, 0.15) is 18.1 Å². The SMILES string of the molecule is CCC(C)C(NC(=O)C(CCCCN)NC(=O)C(Cc1cnc[nH]1)NC(=O)C(N)Cc1cnc[nH]1)C(=O)O. The van der Waals surface area contributed by atoms with E-state index < -0.39 is 47.9 Å². The van der Waals surface area contributed by atoms with Crippen LogP contribution in [0.15, 0.2) is 25.0 Å². The molecule has 2 rings (SSSR count). The number of hydrogen-bond donors (Lipinski definition) is 8. The molecule has 38 heavy (non-hydrogen) atoms. The van der Waals surface area contributed by atoms with Crippen LogP contribution in [-0.4, -0.2) is 79.4 Å². The van der Waals surface area contributed by atoms with Crippen LogP contribution in [0.3, 0.4) is 0 Å². The molecule has 0 aliphatic carbocycles. The van der Waals surface area contributed by atoms with Gasteiger partial charge in [0.25, 0.3) is 0 Å². The van der Waals surface area contributed by atoms with Gasteiger partial charge in [-0.05, 0) is 31.7 Å². The quantitative estimate of drug-likeness (QED) is 0.116. The van der Waals surface area contributed by atoms with Gasteiger partial charge in [-0.1, -0.05) is 20.3 Å². The number of aliphatic carboxylic acids is 1. The largest absolute Gasteiger partial charge is 0.480 e. The van der Waals surface area contributed by atoms with Crippen molar-refractivity contribution in [3.63, 3.8) is 0 Å². The minimum Gasteiger partial charge on any atom is -0.480 e. The van der Waals surface area contributed by atoms with Crippen molar-refractivity contribution < 1.29 is 24.3 Å². The maximum Gasteiger partial charge on any atom is 0.326 e. The van der Waals surface area contributed by atoms with Gasteiger partial charge >= 0.3 is 5.97 Å². The zero-order chi connectivity index (χ0) is 28.1. The van der Waals surface area contributed by atoms with E-state index in [4.69, 9.17) is 11.5 Å². The van der Waals surface area contributed by atoms with E-state index in [1.807, 2.05) is 6.92 Å². The molecular weight excluding hydrogens is 494 g/mol. The molecular formula is C24H39N9O5. The molecule has 0 aromatic carbocycles. The normalized spacial score (nSPS) is 15.1. The van der Waals surface area contributed by atoms with E-state index in [0.29, 0.717) is 37.2 Å². The highest BCUT2D eigenvalue weighted by Crippen LogP contribution is 2.10. The predicted molar refractivity (Wildman–Crippen MR) is 138 cm³/mol. The van der Waals surface area contributed by atoms with Crippen molar-refractivity contribution in [2.75, 3.05) is 6.54 Å². The first kappa shape index (κ1) is 30.4. The maximum atomic E-state index is 13.4. The van der Waals surface area contributed by atoms with Crippen molar-refractivity contribution >= 4 is 23.7 Å². The number of imidazole rings is 2. The molecule has 3 amide bonds. The van der Waals surface area contributed by atoms with Gasteiger partial charge in [0.05, 0.1) is 18.7 Å². The van der Waals surface area contributed by atoms with E-state index in [2.05, 4.69) is 35.9 Å². The van der Waals surface area contributed by atoms with Crippen molar-refractivity contribution in [3.05, 3.63) is 36.4 Å². The van der Waals surface area contributed by atoms with Gasteiger partial charge in [-0.3, -0.25) is 14.4 Å². The second kappa shape index (κ2) is 15.5. The summed E-state index contributed by atoms with van der Waals surface area (Å²) in [6.45, 7) is 3.95. The number of amides is 3. The van der Waals surface area contributed by atoms with Gasteiger partial charge in [-0.15, -0.1) is 0 Å². The summed E-state index contributed by atoms with van der Waals surface area (Å²) >= 11 is 0. The molecule has 0 radical (unpaired) electrons. The first-order valence-corrected chi connectivity index (χ1v) is 12.7. The molecule has 10 N–H and O–H groups in total. The van der Waals surface area contributed by atoms with E-state index in [0.717, 1.165) is 0 Å². The summed E-state index contributed by atoms with van der Waals surface area (Å²) in [5, 5.41) is 17.5. The minimum atomic E-state index is -1.16. The fraction of sp³-hybridized carbons (Fsp3) is 0.583. The lowest BCUT2D eigenvalue weighted by molar-refractivity contribution is -0.144. The highest BCUT2D eigenvalue weighted by molar-refractivity contribution is 5.94. The number of aromatic amines is 2. The van der Waals surface area contributed by atoms with E-state index in [1.165, 1.54) is 18.9 Å². The second-order valence-corrected chi connectivity index (χ2v) is 9.29. The number of rotatable bonds is 17. The van der Waals surface area contributed by atoms with Crippen molar-refractivity contribution in [3.8, 4) is 0 Å². The number of carboxylic acid groups (broad SMARTS) is 1. The Bertz CT molecular complexity index is 1010. The highest BCUT2D eigenvalue weighted by Gasteiger charge is 2.32. The average molecular weight is 534 g/mol. The summed E-state index contributed by atoms with van der Waals surface area (Å²) in [6.07, 6.45) is 8.16. The summed E-state index contributed by atoms with van der Waals surface area (Å²) < 4.78 is 0. The molecule has 5 atom stereocenters. The molecule has 0 saturated carbocycles. The number of carbonyl (C=O) groups is 4. The van der Waals surface area contributed by atoms with Gasteiger partial charge in [0, 0.05) is 36.6 Å². The monoisotopic (exact) mass is 533 g/mol. The molecule has 210 valence electrons. The van der Waals surface area contributed by atoms with Crippen molar-refractivity contribution in [2.24, 2.45) is 17.4 Å². The maximum absolute atomic E-state index is 13.4. The highest BCUT2D eigenvalue weighted by atomic mass is 16.4. The number of nitrogens with one attached hydrogen (secondary N) is 5. The zero-order valence-corrected chi connectivity index (χ0v) is 21.8. The van der Waals surface area contributed by atoms with Crippen LogP contribution >= 0.6 is 0 Å². The zero-order valence-electron chi connectivity index (χ0n) is 21.8. The lowest BCUT2D eigenvalue weighted by atomic mass is 9.98. The van der Waals surface area contributed by atoms with Crippen LogP contribution in [0.5, 0.6) is 0 Å². The Morgan fingerprint density at radius 3 is 2.03 bits per heavy atom. The smallest absolute Gasteiger partial charge is 0.326 e. The van der Waals surface area contributed by atoms with Crippen molar-refractivity contribution in [1.82, 2.24) is 35.9 Å². The molecule has 14 heteroatoms. The second-order valence-electron chi connectivity index (χ2n) is 9.29. The fourth-order valence-corrected chi connectivity index (χ4v) is 3.80. The first-order chi connectivity index (χ1) is 18.2. The number of nitrogens with zero attached hydrogens (tertiary/aromatic N) is 2. The van der Waals surface area contributed by atoms with Crippen LogP contribution in [0.25, 0.3) is 0 Å². The van der Waals surface area contributed by atoms with Crippen LogP contribution in [0.2, 0.25) is 0 Å². The van der Waals surface area contributed by atoms with Crippen LogP contribution in [0.1, 0.15) is 50.9 Å². The summed E-state index contributed by atoms with van der Waals surface area (Å²) in [6, 6.07) is -4.17. The Morgan fingerprint density at radius 2 is 1.50 bits per heavy atom. The molecule has 0 bridgehead atoms. The number of carboxylic acids is 1. The van der Waals surface area contributed by atoms with E-state index in [1.54, 1.807) is 13.1 Å². The summed E-state index contributed by atoms with van der Waals surface area (Å²) in [4.78, 5) is 64.6. The average Bonchev–Trinajstić information content (AvgIpc) is 3.60. The third-order valence-electron chi connectivity index (χ3n) is 6.30. The van der Waals surface area contributed by atoms with Crippen LogP contribution < -0.4 is 27.4 Å². The molecule has 2 heterocycles. The molecule has 0 aliphatic rings. The van der Waals surface area contributed by atoms with Crippen LogP contribution in [0.4, 0.5) is 0 Å². The first-order valence-electron chi connectivity index (χ1n) is 12.7. The Morgan fingerprint density at radius 1 is 0.921 bits per heavy atom. The number of H-pyrrole nitrogens is 2. The number of hydrogen-bond acceptors (Lipinski definition) is 8. The Balaban J connectivity index is 2.17. The van der Waals surface area contributed by atoms with E-state index >= 15 is 0 Å². The Labute approximate surface area is 221 Å². The molecule has 2 aromatic rings. The summed E-state index contributed by atoms with van der Waals surface area (Å²) in [7, 11) is 0. The molecule has 14 nitrogen and oxygen atoms in total. The lowest BCUT2D eigenvalue weighted by Gasteiger charge is -2.26. The fourth-order valence-electron chi connectivity index (χ4n) is 3.80. The number of carbonyl (C=O) groups excluding carboxylic acids is 3. The van der Waals surface area contributed by atoms with Gasteiger partial charge < -0.3 is 42.5 Å². The summed E-state index contributed by atoms with van der Waals surface area (Å²) in [5.74, 6) is -3.28. The van der Waals surface area contributed by atoms with Gasteiger partial charge in [0.15, 0.2) is 0 Å². The minimum absolute atomic E-state index is 0.0656. The number of aromatic nitrogens is 4. The van der Waals surface area contributed by atoms with Crippen LogP contribution in [0, 0.1) is 5.92 Å². The molecule has 0 saturated heterocycles. The molecule has 0 spiro atoms. The predicted octanol–water partition coefficient (Wildman–Crippen LogP) is -1.04. The Kier molecular flexibility index (Phi) is 12.4. The third-order valence-corrected chi connectivity index (χ3v) is 6.30. The van der Waals surface area contributed by atoms with E-state index in [-0.39, 0.29) is 25.2 Å². The van der Waals surface area contributed by atoms with Crippen molar-refractivity contribution in [2.45, 2.75) is 76.5 Å².